The van der Waals surface area contributed by atoms with Crippen LogP contribution in [0.5, 0.6) is 0 Å². The summed E-state index contributed by atoms with van der Waals surface area (Å²) in [6.45, 7) is 0. The van der Waals surface area contributed by atoms with Gasteiger partial charge in [0.15, 0.2) is 5.78 Å². The predicted octanol–water partition coefficient (Wildman–Crippen LogP) is 4.23. The lowest BCUT2D eigenvalue weighted by molar-refractivity contribution is 0.0972. The molecule has 2 aromatic rings. The summed E-state index contributed by atoms with van der Waals surface area (Å²) < 4.78 is 26.7. The van der Waals surface area contributed by atoms with Gasteiger partial charge in [0.25, 0.3) is 0 Å². The number of rotatable bonds is 5. The lowest BCUT2D eigenvalue weighted by atomic mass is 10.0. The van der Waals surface area contributed by atoms with Crippen molar-refractivity contribution >= 4 is 17.1 Å². The molecule has 0 spiro atoms. The molecule has 0 N–H and O–H groups in total. The Morgan fingerprint density at radius 3 is 2.44 bits per heavy atom. The van der Waals surface area contributed by atoms with Gasteiger partial charge in [-0.05, 0) is 36.4 Å². The summed E-state index contributed by atoms with van der Waals surface area (Å²) in [4.78, 5) is 12.9. The van der Waals surface area contributed by atoms with E-state index in [0.717, 1.165) is 18.6 Å². The van der Waals surface area contributed by atoms with Crippen molar-refractivity contribution in [3.05, 3.63) is 57.8 Å². The van der Waals surface area contributed by atoms with E-state index in [2.05, 4.69) is 0 Å². The number of carbonyl (C=O) groups excluding carboxylic acids is 1. The topological polar surface area (TPSA) is 17.1 Å². The van der Waals surface area contributed by atoms with E-state index in [4.69, 9.17) is 0 Å². The van der Waals surface area contributed by atoms with Crippen LogP contribution >= 0.6 is 11.3 Å². The largest absolute Gasteiger partial charge is 0.294 e. The van der Waals surface area contributed by atoms with Gasteiger partial charge in [0.1, 0.15) is 11.6 Å². The third-order valence-electron chi connectivity index (χ3n) is 2.65. The molecule has 0 aliphatic carbocycles. The number of aryl methyl sites for hydroxylation is 1. The van der Waals surface area contributed by atoms with Gasteiger partial charge in [-0.2, -0.15) is 0 Å². The third-order valence-corrected chi connectivity index (χ3v) is 3.58. The monoisotopic (exact) mass is 266 g/mol. The van der Waals surface area contributed by atoms with Gasteiger partial charge in [-0.3, -0.25) is 4.79 Å². The van der Waals surface area contributed by atoms with Crippen LogP contribution in [0.15, 0.2) is 35.7 Å². The van der Waals surface area contributed by atoms with E-state index in [9.17, 15) is 13.6 Å². The molecule has 0 aliphatic heterocycles. The first kappa shape index (κ1) is 12.9. The summed E-state index contributed by atoms with van der Waals surface area (Å²) in [5.41, 5.74) is -0.413. The molecule has 1 aromatic carbocycles. The minimum Gasteiger partial charge on any atom is -0.294 e. The van der Waals surface area contributed by atoms with Gasteiger partial charge in [0.2, 0.25) is 0 Å². The molecule has 0 bridgehead atoms. The van der Waals surface area contributed by atoms with Crippen molar-refractivity contribution in [1.29, 1.82) is 0 Å². The number of thiophene rings is 1. The zero-order valence-electron chi connectivity index (χ0n) is 9.66. The molecule has 0 saturated carbocycles. The molecule has 0 saturated heterocycles. The summed E-state index contributed by atoms with van der Waals surface area (Å²) in [7, 11) is 0. The second-order valence-corrected chi connectivity index (χ2v) is 4.98. The molecular formula is C14H12F2OS. The number of benzene rings is 1. The van der Waals surface area contributed by atoms with E-state index in [1.165, 1.54) is 10.9 Å². The van der Waals surface area contributed by atoms with Crippen LogP contribution in [0.25, 0.3) is 0 Å². The van der Waals surface area contributed by atoms with E-state index < -0.39 is 23.0 Å². The highest BCUT2D eigenvalue weighted by molar-refractivity contribution is 7.09. The first-order valence-corrected chi connectivity index (χ1v) is 6.56. The second-order valence-electron chi connectivity index (χ2n) is 3.95. The quantitative estimate of drug-likeness (QED) is 0.740. The van der Waals surface area contributed by atoms with Gasteiger partial charge in [0.05, 0.1) is 5.56 Å². The first-order valence-electron chi connectivity index (χ1n) is 5.68. The molecule has 18 heavy (non-hydrogen) atoms. The third kappa shape index (κ3) is 3.01. The number of hydrogen-bond donors (Lipinski definition) is 0. The molecule has 1 nitrogen and oxygen atoms in total. The normalized spacial score (nSPS) is 10.6. The van der Waals surface area contributed by atoms with E-state index in [1.54, 1.807) is 11.3 Å². The van der Waals surface area contributed by atoms with Crippen LogP contribution < -0.4 is 0 Å². The Bertz CT molecular complexity index is 514. The van der Waals surface area contributed by atoms with Crippen LogP contribution in [0.3, 0.4) is 0 Å². The number of hydrogen-bond acceptors (Lipinski definition) is 2. The minimum absolute atomic E-state index is 0.162. The molecule has 0 radical (unpaired) electrons. The highest BCUT2D eigenvalue weighted by Crippen LogP contribution is 2.17. The van der Waals surface area contributed by atoms with Crippen molar-refractivity contribution < 1.29 is 13.6 Å². The lowest BCUT2D eigenvalue weighted by Crippen LogP contribution is -2.06. The van der Waals surface area contributed by atoms with Gasteiger partial charge < -0.3 is 0 Å². The maximum absolute atomic E-state index is 13.3. The van der Waals surface area contributed by atoms with E-state index in [1.807, 2.05) is 17.5 Å². The molecule has 94 valence electrons. The number of carbonyl (C=O) groups is 1. The van der Waals surface area contributed by atoms with Crippen LogP contribution in [-0.4, -0.2) is 5.78 Å². The molecule has 1 heterocycles. The minimum atomic E-state index is -0.781. The van der Waals surface area contributed by atoms with Crippen molar-refractivity contribution in [3.63, 3.8) is 0 Å². The molecule has 4 heteroatoms. The number of halogens is 2. The van der Waals surface area contributed by atoms with Crippen LogP contribution in [-0.2, 0) is 6.42 Å². The van der Waals surface area contributed by atoms with Crippen molar-refractivity contribution in [2.24, 2.45) is 0 Å². The zero-order valence-corrected chi connectivity index (χ0v) is 10.5. The summed E-state index contributed by atoms with van der Waals surface area (Å²) in [5.74, 6) is -2.03. The number of Topliss-reactive ketones (excluding diaryl/α,β-unsaturated/α-hetero) is 1. The van der Waals surface area contributed by atoms with Crippen molar-refractivity contribution in [2.75, 3.05) is 0 Å². The van der Waals surface area contributed by atoms with Crippen LogP contribution in [0.1, 0.15) is 28.1 Å². The number of ketones is 1. The molecule has 0 unspecified atom stereocenters. The highest BCUT2D eigenvalue weighted by Gasteiger charge is 2.16. The van der Waals surface area contributed by atoms with Gasteiger partial charge in [-0.25, -0.2) is 8.78 Å². The zero-order chi connectivity index (χ0) is 13.0. The van der Waals surface area contributed by atoms with E-state index in [-0.39, 0.29) is 6.42 Å². The molecule has 0 fully saturated rings. The molecular weight excluding hydrogens is 254 g/mol. The smallest absolute Gasteiger partial charge is 0.168 e. The Morgan fingerprint density at radius 1 is 1.11 bits per heavy atom. The maximum atomic E-state index is 13.3. The van der Waals surface area contributed by atoms with Crippen LogP contribution in [0.2, 0.25) is 0 Å². The van der Waals surface area contributed by atoms with Gasteiger partial charge in [-0.15, -0.1) is 11.3 Å². The van der Waals surface area contributed by atoms with Crippen molar-refractivity contribution in [1.82, 2.24) is 0 Å². The second kappa shape index (κ2) is 5.87. The maximum Gasteiger partial charge on any atom is 0.168 e. The van der Waals surface area contributed by atoms with Crippen LogP contribution in [0.4, 0.5) is 8.78 Å². The summed E-state index contributed by atoms with van der Waals surface area (Å²) in [5, 5.41) is 1.97. The van der Waals surface area contributed by atoms with E-state index in [0.29, 0.717) is 6.42 Å². The predicted molar refractivity (Wildman–Crippen MR) is 67.9 cm³/mol. The van der Waals surface area contributed by atoms with E-state index >= 15 is 0 Å². The summed E-state index contributed by atoms with van der Waals surface area (Å²) >= 11 is 1.62. The molecule has 2 rings (SSSR count). The van der Waals surface area contributed by atoms with Gasteiger partial charge >= 0.3 is 0 Å². The molecule has 1 aromatic heterocycles. The highest BCUT2D eigenvalue weighted by atomic mass is 32.1. The Morgan fingerprint density at radius 2 is 1.83 bits per heavy atom. The SMILES string of the molecule is O=C(CCCc1cccs1)c1c(F)cccc1F. The summed E-state index contributed by atoms with van der Waals surface area (Å²) in [6.07, 6.45) is 1.53. The molecule has 0 atom stereocenters. The Balaban J connectivity index is 1.96. The fourth-order valence-electron chi connectivity index (χ4n) is 1.77. The van der Waals surface area contributed by atoms with Crippen molar-refractivity contribution in [3.8, 4) is 0 Å². The van der Waals surface area contributed by atoms with Gasteiger partial charge in [-0.1, -0.05) is 12.1 Å². The van der Waals surface area contributed by atoms with Crippen molar-refractivity contribution in [2.45, 2.75) is 19.3 Å². The fraction of sp³-hybridized carbons (Fsp3) is 0.214. The standard InChI is InChI=1S/C14H12F2OS/c15-11-6-2-7-12(16)14(11)13(17)8-1-4-10-5-3-9-18-10/h2-3,5-7,9H,1,4,8H2. The van der Waals surface area contributed by atoms with Crippen LogP contribution in [0, 0.1) is 11.6 Å². The average Bonchev–Trinajstić information content (AvgIpc) is 2.82. The molecule has 0 amide bonds. The van der Waals surface area contributed by atoms with Gasteiger partial charge in [0, 0.05) is 11.3 Å². The molecule has 0 aliphatic rings. The Labute approximate surface area is 108 Å². The lowest BCUT2D eigenvalue weighted by Gasteiger charge is -2.03. The summed E-state index contributed by atoms with van der Waals surface area (Å²) in [6, 6.07) is 7.40. The fourth-order valence-corrected chi connectivity index (χ4v) is 2.52. The Kier molecular flexibility index (Phi) is 4.20. The Hall–Kier alpha value is -1.55. The average molecular weight is 266 g/mol. The first-order chi connectivity index (χ1) is 8.68.